The number of nitrogens with zero attached hydrogens (tertiary/aromatic N) is 2. The van der Waals surface area contributed by atoms with Gasteiger partial charge in [-0.05, 0) is 21.5 Å². The summed E-state index contributed by atoms with van der Waals surface area (Å²) in [6.45, 7) is 0. The number of alkyl halides is 1. The van der Waals surface area contributed by atoms with Gasteiger partial charge in [-0.1, -0.05) is 46.3 Å². The fourth-order valence-electron chi connectivity index (χ4n) is 1.38. The Kier molecular flexibility index (Phi) is 4.07. The van der Waals surface area contributed by atoms with Crippen LogP contribution in [0.2, 0.25) is 0 Å². The predicted octanol–water partition coefficient (Wildman–Crippen LogP) is 3.92. The Morgan fingerprint density at radius 3 is 2.31 bits per heavy atom. The first kappa shape index (κ1) is 11.7. The van der Waals surface area contributed by atoms with E-state index in [9.17, 15) is 0 Å². The van der Waals surface area contributed by atoms with Crippen molar-refractivity contribution in [1.29, 1.82) is 0 Å². The molecular weight excluding hydrogens is 332 g/mol. The molecule has 4 heteroatoms. The average Bonchev–Trinajstić information content (AvgIpc) is 2.33. The van der Waals surface area contributed by atoms with Crippen LogP contribution < -0.4 is 0 Å². The van der Waals surface area contributed by atoms with Crippen molar-refractivity contribution in [1.82, 2.24) is 9.97 Å². The third-order valence-electron chi connectivity index (χ3n) is 2.20. The molecule has 1 unspecified atom stereocenters. The number of hydrogen-bond acceptors (Lipinski definition) is 2. The predicted molar refractivity (Wildman–Crippen MR) is 71.5 cm³/mol. The second kappa shape index (κ2) is 5.55. The van der Waals surface area contributed by atoms with Crippen LogP contribution in [-0.2, 0) is 6.42 Å². The highest BCUT2D eigenvalue weighted by Gasteiger charge is 2.09. The Bertz CT molecular complexity index is 442. The van der Waals surface area contributed by atoms with E-state index in [1.807, 2.05) is 18.2 Å². The SMILES string of the molecule is Brc1cnc(CC(Br)c2ccccc2)nc1. The van der Waals surface area contributed by atoms with Crippen LogP contribution >= 0.6 is 31.9 Å². The molecule has 1 aromatic carbocycles. The summed E-state index contributed by atoms with van der Waals surface area (Å²) in [7, 11) is 0. The van der Waals surface area contributed by atoms with Crippen LogP contribution in [0.15, 0.2) is 47.2 Å². The molecule has 0 bridgehead atoms. The quantitative estimate of drug-likeness (QED) is 0.791. The lowest BCUT2D eigenvalue weighted by molar-refractivity contribution is 0.848. The Hall–Kier alpha value is -0.740. The van der Waals surface area contributed by atoms with Gasteiger partial charge in [-0.15, -0.1) is 0 Å². The third-order valence-corrected chi connectivity index (χ3v) is 3.46. The zero-order chi connectivity index (χ0) is 11.4. The number of halogens is 2. The molecular formula is C12H10Br2N2. The van der Waals surface area contributed by atoms with Crippen molar-refractivity contribution in [3.05, 3.63) is 58.6 Å². The maximum atomic E-state index is 4.26. The molecule has 0 spiro atoms. The van der Waals surface area contributed by atoms with Gasteiger partial charge in [0.15, 0.2) is 0 Å². The molecule has 0 fully saturated rings. The van der Waals surface area contributed by atoms with Gasteiger partial charge in [0, 0.05) is 23.6 Å². The third kappa shape index (κ3) is 3.12. The number of aromatic nitrogens is 2. The van der Waals surface area contributed by atoms with E-state index < -0.39 is 0 Å². The first-order valence-electron chi connectivity index (χ1n) is 4.91. The van der Waals surface area contributed by atoms with Crippen molar-refractivity contribution in [3.63, 3.8) is 0 Å². The van der Waals surface area contributed by atoms with Crippen molar-refractivity contribution in [2.75, 3.05) is 0 Å². The topological polar surface area (TPSA) is 25.8 Å². The van der Waals surface area contributed by atoms with Crippen LogP contribution in [0.5, 0.6) is 0 Å². The second-order valence-corrected chi connectivity index (χ2v) is 5.42. The first-order chi connectivity index (χ1) is 7.75. The molecule has 0 saturated carbocycles. The highest BCUT2D eigenvalue weighted by atomic mass is 79.9. The van der Waals surface area contributed by atoms with Crippen LogP contribution in [0.1, 0.15) is 16.2 Å². The monoisotopic (exact) mass is 340 g/mol. The minimum Gasteiger partial charge on any atom is -0.240 e. The lowest BCUT2D eigenvalue weighted by atomic mass is 10.1. The molecule has 0 N–H and O–H groups in total. The molecule has 16 heavy (non-hydrogen) atoms. The average molecular weight is 342 g/mol. The van der Waals surface area contributed by atoms with Gasteiger partial charge in [0.1, 0.15) is 5.82 Å². The Balaban J connectivity index is 2.08. The molecule has 1 atom stereocenters. The fourth-order valence-corrected chi connectivity index (χ4v) is 2.18. The largest absolute Gasteiger partial charge is 0.240 e. The summed E-state index contributed by atoms with van der Waals surface area (Å²) in [5.41, 5.74) is 1.24. The number of rotatable bonds is 3. The minimum atomic E-state index is 0.259. The number of hydrogen-bond donors (Lipinski definition) is 0. The summed E-state index contributed by atoms with van der Waals surface area (Å²) in [5.74, 6) is 0.842. The van der Waals surface area contributed by atoms with E-state index in [0.717, 1.165) is 16.7 Å². The van der Waals surface area contributed by atoms with Gasteiger partial charge in [0.25, 0.3) is 0 Å². The van der Waals surface area contributed by atoms with Gasteiger partial charge < -0.3 is 0 Å². The Morgan fingerprint density at radius 2 is 1.69 bits per heavy atom. The summed E-state index contributed by atoms with van der Waals surface area (Å²) in [6.07, 6.45) is 4.33. The van der Waals surface area contributed by atoms with Gasteiger partial charge in [0.2, 0.25) is 0 Å². The summed E-state index contributed by atoms with van der Waals surface area (Å²) >= 11 is 6.97. The molecule has 2 aromatic rings. The van der Waals surface area contributed by atoms with Gasteiger partial charge in [-0.25, -0.2) is 9.97 Å². The van der Waals surface area contributed by atoms with Gasteiger partial charge in [0.05, 0.1) is 4.47 Å². The van der Waals surface area contributed by atoms with E-state index in [1.54, 1.807) is 12.4 Å². The molecule has 0 amide bonds. The lowest BCUT2D eigenvalue weighted by Crippen LogP contribution is -2.00. The van der Waals surface area contributed by atoms with Crippen LogP contribution in [-0.4, -0.2) is 9.97 Å². The zero-order valence-electron chi connectivity index (χ0n) is 8.48. The van der Waals surface area contributed by atoms with E-state index in [0.29, 0.717) is 0 Å². The molecule has 82 valence electrons. The molecule has 0 aliphatic carbocycles. The highest BCUT2D eigenvalue weighted by molar-refractivity contribution is 9.10. The molecule has 0 saturated heterocycles. The second-order valence-electron chi connectivity index (χ2n) is 3.40. The van der Waals surface area contributed by atoms with E-state index in [4.69, 9.17) is 0 Å². The van der Waals surface area contributed by atoms with Crippen LogP contribution in [0.3, 0.4) is 0 Å². The maximum absolute atomic E-state index is 4.26. The smallest absolute Gasteiger partial charge is 0.129 e. The normalized spacial score (nSPS) is 12.4. The van der Waals surface area contributed by atoms with Gasteiger partial charge in [-0.3, -0.25) is 0 Å². The number of benzene rings is 1. The summed E-state index contributed by atoms with van der Waals surface area (Å²) < 4.78 is 0.905. The van der Waals surface area contributed by atoms with Gasteiger partial charge >= 0.3 is 0 Å². The van der Waals surface area contributed by atoms with Crippen LogP contribution in [0.25, 0.3) is 0 Å². The molecule has 0 aliphatic heterocycles. The minimum absolute atomic E-state index is 0.259. The van der Waals surface area contributed by atoms with Crippen LogP contribution in [0, 0.1) is 0 Å². The summed E-state index contributed by atoms with van der Waals surface area (Å²) in [6, 6.07) is 10.3. The van der Waals surface area contributed by atoms with Gasteiger partial charge in [-0.2, -0.15) is 0 Å². The standard InChI is InChI=1S/C12H10Br2N2/c13-10-7-15-12(16-8-10)6-11(14)9-4-2-1-3-5-9/h1-5,7-8,11H,6H2. The Morgan fingerprint density at radius 1 is 1.06 bits per heavy atom. The summed E-state index contributed by atoms with van der Waals surface area (Å²) in [4.78, 5) is 8.77. The van der Waals surface area contributed by atoms with Crippen molar-refractivity contribution in [2.24, 2.45) is 0 Å². The van der Waals surface area contributed by atoms with Crippen molar-refractivity contribution in [2.45, 2.75) is 11.2 Å². The fraction of sp³-hybridized carbons (Fsp3) is 0.167. The molecule has 0 radical (unpaired) electrons. The van der Waals surface area contributed by atoms with Crippen molar-refractivity contribution >= 4 is 31.9 Å². The molecule has 0 aliphatic rings. The molecule has 1 aromatic heterocycles. The van der Waals surface area contributed by atoms with E-state index in [2.05, 4.69) is 54.0 Å². The highest BCUT2D eigenvalue weighted by Crippen LogP contribution is 2.25. The lowest BCUT2D eigenvalue weighted by Gasteiger charge is -2.08. The maximum Gasteiger partial charge on any atom is 0.129 e. The Labute approximate surface area is 111 Å². The van der Waals surface area contributed by atoms with Crippen molar-refractivity contribution < 1.29 is 0 Å². The first-order valence-corrected chi connectivity index (χ1v) is 6.62. The molecule has 2 rings (SSSR count). The zero-order valence-corrected chi connectivity index (χ0v) is 11.6. The summed E-state index contributed by atoms with van der Waals surface area (Å²) in [5, 5.41) is 0. The van der Waals surface area contributed by atoms with E-state index >= 15 is 0 Å². The molecule has 2 nitrogen and oxygen atoms in total. The molecule has 1 heterocycles. The van der Waals surface area contributed by atoms with E-state index in [-0.39, 0.29) is 4.83 Å². The van der Waals surface area contributed by atoms with Crippen molar-refractivity contribution in [3.8, 4) is 0 Å². The van der Waals surface area contributed by atoms with Crippen LogP contribution in [0.4, 0.5) is 0 Å². The van der Waals surface area contributed by atoms with E-state index in [1.165, 1.54) is 5.56 Å².